The molecule has 122 valence electrons. The molecule has 0 saturated carbocycles. The van der Waals surface area contributed by atoms with E-state index in [0.717, 1.165) is 18.4 Å². The van der Waals surface area contributed by atoms with Gasteiger partial charge >= 0.3 is 6.03 Å². The summed E-state index contributed by atoms with van der Waals surface area (Å²) in [6.45, 7) is 1.89. The van der Waals surface area contributed by atoms with E-state index in [0.29, 0.717) is 19.7 Å². The van der Waals surface area contributed by atoms with Gasteiger partial charge in [-0.3, -0.25) is 9.67 Å². The van der Waals surface area contributed by atoms with Crippen molar-refractivity contribution in [2.75, 3.05) is 13.2 Å². The van der Waals surface area contributed by atoms with E-state index in [1.807, 2.05) is 24.4 Å². The van der Waals surface area contributed by atoms with Crippen LogP contribution in [0.3, 0.4) is 0 Å². The van der Waals surface area contributed by atoms with Crippen LogP contribution in [-0.2, 0) is 11.3 Å². The van der Waals surface area contributed by atoms with Gasteiger partial charge in [0.15, 0.2) is 0 Å². The molecule has 1 aliphatic heterocycles. The Labute approximate surface area is 135 Å². The number of urea groups is 1. The number of carbonyl (C=O) groups is 1. The van der Waals surface area contributed by atoms with E-state index in [4.69, 9.17) is 4.74 Å². The van der Waals surface area contributed by atoms with E-state index in [9.17, 15) is 4.79 Å². The van der Waals surface area contributed by atoms with Crippen LogP contribution in [0, 0.1) is 0 Å². The molecule has 1 aliphatic rings. The molecule has 0 aromatic carbocycles. The van der Waals surface area contributed by atoms with Crippen molar-refractivity contribution in [2.45, 2.75) is 31.5 Å². The average molecular weight is 315 g/mol. The molecule has 7 heteroatoms. The minimum atomic E-state index is -0.174. The monoisotopic (exact) mass is 315 g/mol. The Hall–Kier alpha value is -2.41. The zero-order valence-electron chi connectivity index (χ0n) is 12.9. The Bertz CT molecular complexity index is 602. The molecule has 2 amide bonds. The normalized spacial score (nSPS) is 20.9. The number of rotatable bonds is 5. The molecule has 1 saturated heterocycles. The first-order chi connectivity index (χ1) is 11.3. The van der Waals surface area contributed by atoms with Crippen molar-refractivity contribution in [3.05, 3.63) is 48.5 Å². The van der Waals surface area contributed by atoms with E-state index in [-0.39, 0.29) is 18.2 Å². The van der Waals surface area contributed by atoms with Gasteiger partial charge in [0.25, 0.3) is 0 Å². The van der Waals surface area contributed by atoms with Gasteiger partial charge in [0.2, 0.25) is 0 Å². The summed E-state index contributed by atoms with van der Waals surface area (Å²) >= 11 is 0. The molecule has 7 nitrogen and oxygen atoms in total. The highest BCUT2D eigenvalue weighted by molar-refractivity contribution is 5.74. The predicted octanol–water partition coefficient (Wildman–Crippen LogP) is 1.50. The molecule has 23 heavy (non-hydrogen) atoms. The molecule has 0 spiro atoms. The van der Waals surface area contributed by atoms with Crippen LogP contribution in [0.5, 0.6) is 0 Å². The fourth-order valence-corrected chi connectivity index (χ4v) is 2.75. The number of hydrogen-bond donors (Lipinski definition) is 2. The van der Waals surface area contributed by atoms with Crippen molar-refractivity contribution in [3.63, 3.8) is 0 Å². The lowest BCUT2D eigenvalue weighted by atomic mass is 9.97. The van der Waals surface area contributed by atoms with Crippen LogP contribution in [0.2, 0.25) is 0 Å². The highest BCUT2D eigenvalue weighted by Gasteiger charge is 2.28. The van der Waals surface area contributed by atoms with Gasteiger partial charge in [0.1, 0.15) is 6.10 Å². The van der Waals surface area contributed by atoms with Crippen LogP contribution in [0.25, 0.3) is 0 Å². The topological polar surface area (TPSA) is 81.1 Å². The van der Waals surface area contributed by atoms with Crippen molar-refractivity contribution in [3.8, 4) is 0 Å². The highest BCUT2D eigenvalue weighted by Crippen LogP contribution is 2.27. The summed E-state index contributed by atoms with van der Waals surface area (Å²) in [5.41, 5.74) is 1.04. The van der Waals surface area contributed by atoms with Crippen LogP contribution in [0.4, 0.5) is 4.79 Å². The van der Waals surface area contributed by atoms with Crippen molar-refractivity contribution < 1.29 is 9.53 Å². The van der Waals surface area contributed by atoms with E-state index in [1.54, 1.807) is 23.3 Å². The van der Waals surface area contributed by atoms with Gasteiger partial charge in [-0.1, -0.05) is 0 Å². The van der Waals surface area contributed by atoms with Crippen molar-refractivity contribution in [1.82, 2.24) is 25.4 Å². The molecular weight excluding hydrogens is 294 g/mol. The summed E-state index contributed by atoms with van der Waals surface area (Å²) in [5, 5.41) is 9.98. The molecule has 1 fully saturated rings. The average Bonchev–Trinajstić information content (AvgIpc) is 3.09. The maximum absolute atomic E-state index is 12.1. The minimum Gasteiger partial charge on any atom is -0.371 e. The van der Waals surface area contributed by atoms with Gasteiger partial charge in [-0.25, -0.2) is 4.79 Å². The number of ether oxygens (including phenoxy) is 1. The highest BCUT2D eigenvalue weighted by atomic mass is 16.5. The summed E-state index contributed by atoms with van der Waals surface area (Å²) in [6, 6.07) is 5.52. The Balaban J connectivity index is 1.51. The Morgan fingerprint density at radius 2 is 2.22 bits per heavy atom. The second kappa shape index (κ2) is 7.73. The van der Waals surface area contributed by atoms with Crippen molar-refractivity contribution in [1.29, 1.82) is 0 Å². The lowest BCUT2D eigenvalue weighted by Gasteiger charge is -2.32. The third-order valence-corrected chi connectivity index (χ3v) is 3.86. The van der Waals surface area contributed by atoms with Crippen LogP contribution >= 0.6 is 0 Å². The molecule has 0 unspecified atom stereocenters. The maximum atomic E-state index is 12.1. The first-order valence-corrected chi connectivity index (χ1v) is 7.86. The summed E-state index contributed by atoms with van der Waals surface area (Å²) < 4.78 is 7.64. The van der Waals surface area contributed by atoms with Gasteiger partial charge in [-0.2, -0.15) is 5.10 Å². The number of nitrogens with one attached hydrogen (secondary N) is 2. The lowest BCUT2D eigenvalue weighted by molar-refractivity contribution is -0.00746. The zero-order valence-corrected chi connectivity index (χ0v) is 12.9. The van der Waals surface area contributed by atoms with Gasteiger partial charge in [-0.15, -0.1) is 0 Å². The van der Waals surface area contributed by atoms with Gasteiger partial charge in [0.05, 0.1) is 12.6 Å². The van der Waals surface area contributed by atoms with E-state index >= 15 is 0 Å². The Morgan fingerprint density at radius 3 is 3.00 bits per heavy atom. The molecule has 2 aromatic rings. The number of hydrogen-bond acceptors (Lipinski definition) is 4. The second-order valence-corrected chi connectivity index (χ2v) is 5.49. The first kappa shape index (κ1) is 15.5. The van der Waals surface area contributed by atoms with Crippen molar-refractivity contribution >= 4 is 6.03 Å². The molecule has 3 heterocycles. The summed E-state index contributed by atoms with van der Waals surface area (Å²) in [7, 11) is 0. The molecule has 0 bridgehead atoms. The van der Waals surface area contributed by atoms with Crippen LogP contribution < -0.4 is 10.6 Å². The lowest BCUT2D eigenvalue weighted by Crippen LogP contribution is -2.47. The van der Waals surface area contributed by atoms with E-state index in [1.165, 1.54) is 0 Å². The summed E-state index contributed by atoms with van der Waals surface area (Å²) in [5.74, 6) is 0. The zero-order chi connectivity index (χ0) is 15.9. The number of nitrogens with zero attached hydrogens (tertiary/aromatic N) is 3. The fraction of sp³-hybridized carbons (Fsp3) is 0.438. The quantitative estimate of drug-likeness (QED) is 0.876. The molecule has 0 radical (unpaired) electrons. The SMILES string of the molecule is O=C(NCCn1cccn1)N[C@H]1CCCO[C@@H]1c1ccncc1. The maximum Gasteiger partial charge on any atom is 0.315 e. The molecule has 2 aromatic heterocycles. The molecule has 3 rings (SSSR count). The standard InChI is InChI=1S/C16H21N5O2/c22-16(18-9-11-21-10-2-6-19-21)20-14-3-1-12-23-15(14)13-4-7-17-8-5-13/h2,4-8,10,14-15H,1,3,9,11-12H2,(H2,18,20,22)/t14-,15+/m0/s1. The molecular formula is C16H21N5O2. The number of aromatic nitrogens is 3. The largest absolute Gasteiger partial charge is 0.371 e. The van der Waals surface area contributed by atoms with E-state index in [2.05, 4.69) is 20.7 Å². The second-order valence-electron chi connectivity index (χ2n) is 5.49. The first-order valence-electron chi connectivity index (χ1n) is 7.86. The summed E-state index contributed by atoms with van der Waals surface area (Å²) in [4.78, 5) is 16.1. The number of pyridine rings is 1. The molecule has 2 atom stereocenters. The van der Waals surface area contributed by atoms with Crippen LogP contribution in [0.1, 0.15) is 24.5 Å². The summed E-state index contributed by atoms with van der Waals surface area (Å²) in [6.07, 6.45) is 8.80. The number of amides is 2. The Kier molecular flexibility index (Phi) is 5.21. The van der Waals surface area contributed by atoms with Gasteiger partial charge in [-0.05, 0) is 36.6 Å². The molecule has 2 N–H and O–H groups in total. The third-order valence-electron chi connectivity index (χ3n) is 3.86. The fourth-order valence-electron chi connectivity index (χ4n) is 2.75. The minimum absolute atomic E-state index is 0.0316. The predicted molar refractivity (Wildman–Crippen MR) is 84.7 cm³/mol. The smallest absolute Gasteiger partial charge is 0.315 e. The third kappa shape index (κ3) is 4.29. The van der Waals surface area contributed by atoms with Gasteiger partial charge < -0.3 is 15.4 Å². The Morgan fingerprint density at radius 1 is 1.35 bits per heavy atom. The van der Waals surface area contributed by atoms with Crippen LogP contribution in [-0.4, -0.2) is 40.0 Å². The van der Waals surface area contributed by atoms with E-state index < -0.39 is 0 Å². The van der Waals surface area contributed by atoms with Crippen LogP contribution in [0.15, 0.2) is 43.0 Å². The van der Waals surface area contributed by atoms with Gasteiger partial charge in [0, 0.05) is 37.9 Å². The van der Waals surface area contributed by atoms with Crippen molar-refractivity contribution in [2.24, 2.45) is 0 Å². The number of carbonyl (C=O) groups excluding carboxylic acids is 1. The molecule has 0 aliphatic carbocycles.